The zero-order valence-electron chi connectivity index (χ0n) is 10.5. The predicted octanol–water partition coefficient (Wildman–Crippen LogP) is 3.10. The maximum absolute atomic E-state index is 12.2. The normalized spacial score (nSPS) is 39.2. The van der Waals surface area contributed by atoms with Crippen LogP contribution in [0, 0.1) is 17.3 Å². The first-order valence-electron chi connectivity index (χ1n) is 5.96. The summed E-state index contributed by atoms with van der Waals surface area (Å²) in [7, 11) is 1.66. The van der Waals surface area contributed by atoms with E-state index >= 15 is 0 Å². The van der Waals surface area contributed by atoms with Crippen LogP contribution in [0.15, 0.2) is 23.5 Å². The van der Waals surface area contributed by atoms with Crippen molar-refractivity contribution >= 4 is 5.78 Å². The highest BCUT2D eigenvalue weighted by molar-refractivity contribution is 5.99. The summed E-state index contributed by atoms with van der Waals surface area (Å²) in [4.78, 5) is 12.2. The summed E-state index contributed by atoms with van der Waals surface area (Å²) in [6, 6.07) is 0. The van der Waals surface area contributed by atoms with Crippen molar-refractivity contribution in [3.8, 4) is 0 Å². The molecule has 16 heavy (non-hydrogen) atoms. The molecule has 2 saturated carbocycles. The van der Waals surface area contributed by atoms with Crippen molar-refractivity contribution in [2.24, 2.45) is 17.3 Å². The molecule has 3 atom stereocenters. The van der Waals surface area contributed by atoms with Gasteiger partial charge >= 0.3 is 0 Å². The lowest BCUT2D eigenvalue weighted by Gasteiger charge is -2.47. The maximum atomic E-state index is 12.2. The summed E-state index contributed by atoms with van der Waals surface area (Å²) >= 11 is 0. The fourth-order valence-electron chi connectivity index (χ4n) is 3.46. The Hall–Kier alpha value is -1.05. The topological polar surface area (TPSA) is 26.3 Å². The first-order valence-corrected chi connectivity index (χ1v) is 5.96. The number of hydrogen-bond acceptors (Lipinski definition) is 2. The number of hydrogen-bond donors (Lipinski definition) is 0. The van der Waals surface area contributed by atoms with Gasteiger partial charge in [-0.25, -0.2) is 0 Å². The third-order valence-electron chi connectivity index (χ3n) is 4.04. The number of Topliss-reactive ketones (excluding diaryl/α,β-unsaturated/α-hetero) is 1. The van der Waals surface area contributed by atoms with Crippen LogP contribution >= 0.6 is 0 Å². The lowest BCUT2D eigenvalue weighted by molar-refractivity contribution is -0.144. The maximum Gasteiger partial charge on any atom is 0.150 e. The number of carbonyl (C=O) groups excluding carboxylic acids is 1. The zero-order valence-corrected chi connectivity index (χ0v) is 10.5. The standard InChI is InChI=1S/C14H20O2/c1-9(2)7-14-11(8-16-4)5-6-12(14)10(3)13(14)15/h7-8,10,12H,5-6H2,1-4H3/b11-8+/t10-,12-,14-/m1/s1. The van der Waals surface area contributed by atoms with E-state index in [4.69, 9.17) is 4.74 Å². The summed E-state index contributed by atoms with van der Waals surface area (Å²) in [5.74, 6) is 1.09. The Kier molecular flexibility index (Phi) is 2.69. The van der Waals surface area contributed by atoms with Gasteiger partial charge < -0.3 is 4.74 Å². The van der Waals surface area contributed by atoms with E-state index in [-0.39, 0.29) is 11.3 Å². The highest BCUT2D eigenvalue weighted by atomic mass is 16.5. The molecule has 0 radical (unpaired) electrons. The zero-order chi connectivity index (χ0) is 11.9. The molecule has 0 amide bonds. The van der Waals surface area contributed by atoms with Crippen molar-refractivity contribution in [3.05, 3.63) is 23.5 Å². The second-order valence-electron chi connectivity index (χ2n) is 5.27. The molecule has 0 heterocycles. The third kappa shape index (κ3) is 1.28. The van der Waals surface area contributed by atoms with Crippen molar-refractivity contribution in [2.45, 2.75) is 33.6 Å². The summed E-state index contributed by atoms with van der Waals surface area (Å²) in [5.41, 5.74) is 2.08. The van der Waals surface area contributed by atoms with E-state index in [1.54, 1.807) is 13.4 Å². The van der Waals surface area contributed by atoms with E-state index in [0.717, 1.165) is 12.8 Å². The van der Waals surface area contributed by atoms with Gasteiger partial charge in [-0.2, -0.15) is 0 Å². The van der Waals surface area contributed by atoms with E-state index in [9.17, 15) is 4.79 Å². The van der Waals surface area contributed by atoms with Gasteiger partial charge in [0, 0.05) is 5.92 Å². The Morgan fingerprint density at radius 3 is 2.75 bits per heavy atom. The van der Waals surface area contributed by atoms with E-state index in [0.29, 0.717) is 11.7 Å². The molecule has 88 valence electrons. The van der Waals surface area contributed by atoms with Crippen LogP contribution in [0.4, 0.5) is 0 Å². The van der Waals surface area contributed by atoms with Crippen LogP contribution in [0.5, 0.6) is 0 Å². The SMILES string of the molecule is CO/C=C1\CC[C@@H]2[C@@H](C)C(=O)[C@]12C=C(C)C. The molecule has 0 bridgehead atoms. The van der Waals surface area contributed by atoms with Crippen LogP contribution in [0.2, 0.25) is 0 Å². The Bertz CT molecular complexity index is 374. The fraction of sp³-hybridized carbons (Fsp3) is 0.643. The first-order chi connectivity index (χ1) is 7.54. The van der Waals surface area contributed by atoms with Crippen molar-refractivity contribution < 1.29 is 9.53 Å². The van der Waals surface area contributed by atoms with Crippen LogP contribution in [0.3, 0.4) is 0 Å². The van der Waals surface area contributed by atoms with E-state index < -0.39 is 0 Å². The van der Waals surface area contributed by atoms with E-state index in [2.05, 4.69) is 26.8 Å². The second-order valence-corrected chi connectivity index (χ2v) is 5.27. The van der Waals surface area contributed by atoms with Gasteiger partial charge in [0.25, 0.3) is 0 Å². The largest absolute Gasteiger partial charge is 0.504 e. The number of rotatable bonds is 2. The molecule has 2 nitrogen and oxygen atoms in total. The van der Waals surface area contributed by atoms with E-state index in [1.165, 1.54) is 11.1 Å². The minimum absolute atomic E-state index is 0.221. The molecule has 0 aromatic heterocycles. The molecular weight excluding hydrogens is 200 g/mol. The Balaban J connectivity index is 2.45. The van der Waals surface area contributed by atoms with Crippen LogP contribution < -0.4 is 0 Å². The summed E-state index contributed by atoms with van der Waals surface area (Å²) in [6.07, 6.45) is 6.05. The fourth-order valence-corrected chi connectivity index (χ4v) is 3.46. The average Bonchev–Trinajstić information content (AvgIpc) is 2.54. The quantitative estimate of drug-likeness (QED) is 0.528. The van der Waals surface area contributed by atoms with Gasteiger partial charge in [0.05, 0.1) is 18.8 Å². The van der Waals surface area contributed by atoms with Gasteiger partial charge in [-0.1, -0.05) is 18.6 Å². The number of fused-ring (bicyclic) bond motifs is 1. The Morgan fingerprint density at radius 1 is 1.50 bits per heavy atom. The van der Waals surface area contributed by atoms with Crippen molar-refractivity contribution in [2.75, 3.05) is 7.11 Å². The minimum Gasteiger partial charge on any atom is -0.504 e. The predicted molar refractivity (Wildman–Crippen MR) is 63.9 cm³/mol. The van der Waals surface area contributed by atoms with Gasteiger partial charge in [0.1, 0.15) is 5.78 Å². The summed E-state index contributed by atoms with van der Waals surface area (Å²) in [5, 5.41) is 0. The molecular formula is C14H20O2. The summed E-state index contributed by atoms with van der Waals surface area (Å²) < 4.78 is 5.13. The highest BCUT2D eigenvalue weighted by Gasteiger charge is 2.63. The van der Waals surface area contributed by atoms with Crippen molar-refractivity contribution in [1.29, 1.82) is 0 Å². The number of carbonyl (C=O) groups is 1. The Morgan fingerprint density at radius 2 is 2.19 bits per heavy atom. The van der Waals surface area contributed by atoms with Gasteiger partial charge in [0.2, 0.25) is 0 Å². The number of allylic oxidation sites excluding steroid dienone is 3. The van der Waals surface area contributed by atoms with E-state index in [1.807, 2.05) is 0 Å². The van der Waals surface area contributed by atoms with Gasteiger partial charge in [-0.05, 0) is 38.2 Å². The molecule has 0 aliphatic heterocycles. The lowest BCUT2D eigenvalue weighted by Crippen LogP contribution is -2.53. The molecule has 0 aromatic carbocycles. The number of methoxy groups -OCH3 is 1. The molecule has 2 aliphatic carbocycles. The molecule has 0 saturated heterocycles. The third-order valence-corrected chi connectivity index (χ3v) is 4.04. The molecule has 0 spiro atoms. The first kappa shape index (κ1) is 11.4. The van der Waals surface area contributed by atoms with Gasteiger partial charge in [-0.15, -0.1) is 0 Å². The van der Waals surface area contributed by atoms with Crippen LogP contribution in [0.25, 0.3) is 0 Å². The van der Waals surface area contributed by atoms with Crippen LogP contribution in [-0.2, 0) is 9.53 Å². The molecule has 2 rings (SSSR count). The second kappa shape index (κ2) is 3.76. The average molecular weight is 220 g/mol. The van der Waals surface area contributed by atoms with Crippen LogP contribution in [0.1, 0.15) is 33.6 Å². The molecule has 0 unspecified atom stereocenters. The van der Waals surface area contributed by atoms with Crippen LogP contribution in [-0.4, -0.2) is 12.9 Å². The van der Waals surface area contributed by atoms with Gasteiger partial charge in [-0.3, -0.25) is 4.79 Å². The number of ketones is 1. The highest BCUT2D eigenvalue weighted by Crippen LogP contribution is 2.61. The molecule has 2 fully saturated rings. The smallest absolute Gasteiger partial charge is 0.150 e. The Labute approximate surface area is 97.4 Å². The van der Waals surface area contributed by atoms with Gasteiger partial charge in [0.15, 0.2) is 0 Å². The number of ether oxygens (including phenoxy) is 1. The molecule has 0 N–H and O–H groups in total. The van der Waals surface area contributed by atoms with Crippen molar-refractivity contribution in [3.63, 3.8) is 0 Å². The lowest BCUT2D eigenvalue weighted by atomic mass is 9.53. The van der Waals surface area contributed by atoms with Crippen molar-refractivity contribution in [1.82, 2.24) is 0 Å². The molecule has 2 aliphatic rings. The molecule has 2 heteroatoms. The summed E-state index contributed by atoms with van der Waals surface area (Å²) in [6.45, 7) is 6.18. The monoisotopic (exact) mass is 220 g/mol. The molecule has 0 aromatic rings. The minimum atomic E-state index is -0.311.